The largest absolute Gasteiger partial charge is 0.462 e. The maximum Gasteiger partial charge on any atom is 0.338 e. The van der Waals surface area contributed by atoms with Gasteiger partial charge in [-0.15, -0.1) is 5.11 Å². The highest BCUT2D eigenvalue weighted by atomic mass is 16.5. The van der Waals surface area contributed by atoms with Gasteiger partial charge in [0.1, 0.15) is 0 Å². The zero-order valence-electron chi connectivity index (χ0n) is 17.3. The van der Waals surface area contributed by atoms with Crippen molar-refractivity contribution in [1.29, 1.82) is 0 Å². The predicted molar refractivity (Wildman–Crippen MR) is 114 cm³/mol. The molecule has 0 spiro atoms. The summed E-state index contributed by atoms with van der Waals surface area (Å²) in [6.07, 6.45) is 2.17. The SMILES string of the molecule is CCOC(=O)c1ccc(N)c(-c2cc(C(=O)OCC)ccc2N=NN2CCCC2)c1. The van der Waals surface area contributed by atoms with Crippen LogP contribution in [0.5, 0.6) is 0 Å². The quantitative estimate of drug-likeness (QED) is 0.412. The molecule has 1 fully saturated rings. The van der Waals surface area contributed by atoms with Gasteiger partial charge >= 0.3 is 11.9 Å². The van der Waals surface area contributed by atoms with Crippen molar-refractivity contribution in [2.24, 2.45) is 10.3 Å². The highest BCUT2D eigenvalue weighted by molar-refractivity contribution is 5.97. The van der Waals surface area contributed by atoms with Crippen molar-refractivity contribution in [2.45, 2.75) is 26.7 Å². The van der Waals surface area contributed by atoms with Crippen molar-refractivity contribution in [3.8, 4) is 11.1 Å². The third-order valence-corrected chi connectivity index (χ3v) is 4.72. The minimum Gasteiger partial charge on any atom is -0.462 e. The second kappa shape index (κ2) is 9.87. The molecular weight excluding hydrogens is 384 g/mol. The molecule has 8 nitrogen and oxygen atoms in total. The zero-order valence-corrected chi connectivity index (χ0v) is 17.3. The lowest BCUT2D eigenvalue weighted by molar-refractivity contribution is 0.0516. The molecule has 0 atom stereocenters. The summed E-state index contributed by atoms with van der Waals surface area (Å²) in [4.78, 5) is 24.5. The number of carbonyl (C=O) groups excluding carboxylic acids is 2. The van der Waals surface area contributed by atoms with E-state index in [9.17, 15) is 9.59 Å². The van der Waals surface area contributed by atoms with Gasteiger partial charge in [0, 0.05) is 29.9 Å². The molecule has 0 aliphatic carbocycles. The fourth-order valence-electron chi connectivity index (χ4n) is 3.21. The van der Waals surface area contributed by atoms with Crippen LogP contribution in [0.2, 0.25) is 0 Å². The molecule has 158 valence electrons. The first kappa shape index (κ1) is 21.3. The molecule has 1 heterocycles. The third-order valence-electron chi connectivity index (χ3n) is 4.72. The van der Waals surface area contributed by atoms with E-state index in [0.29, 0.717) is 33.6 Å². The molecule has 3 rings (SSSR count). The number of hydrogen-bond donors (Lipinski definition) is 1. The summed E-state index contributed by atoms with van der Waals surface area (Å²) in [6.45, 7) is 5.76. The molecule has 2 N–H and O–H groups in total. The Morgan fingerprint density at radius 2 is 1.50 bits per heavy atom. The van der Waals surface area contributed by atoms with Gasteiger partial charge in [0.05, 0.1) is 30.0 Å². The van der Waals surface area contributed by atoms with Crippen molar-refractivity contribution in [3.63, 3.8) is 0 Å². The Morgan fingerprint density at radius 3 is 2.10 bits per heavy atom. The zero-order chi connectivity index (χ0) is 21.5. The molecule has 0 amide bonds. The van der Waals surface area contributed by atoms with Crippen molar-refractivity contribution >= 4 is 23.3 Å². The summed E-state index contributed by atoms with van der Waals surface area (Å²) in [5.41, 5.74) is 9.10. The molecular formula is C22H26N4O4. The number of nitrogens with zero attached hydrogens (tertiary/aromatic N) is 3. The number of rotatable bonds is 7. The Kier molecular flexibility index (Phi) is 7.00. The van der Waals surface area contributed by atoms with Crippen molar-refractivity contribution in [3.05, 3.63) is 47.5 Å². The van der Waals surface area contributed by atoms with Crippen LogP contribution in [-0.2, 0) is 9.47 Å². The highest BCUT2D eigenvalue weighted by Gasteiger charge is 2.17. The van der Waals surface area contributed by atoms with Gasteiger partial charge < -0.3 is 15.2 Å². The Labute approximate surface area is 175 Å². The first-order valence-corrected chi connectivity index (χ1v) is 10.1. The van der Waals surface area contributed by atoms with Crippen LogP contribution in [0.4, 0.5) is 11.4 Å². The molecule has 0 aromatic heterocycles. The minimum absolute atomic E-state index is 0.269. The lowest BCUT2D eigenvalue weighted by Crippen LogP contribution is -2.09. The maximum atomic E-state index is 12.3. The van der Waals surface area contributed by atoms with Crippen LogP contribution in [0, 0.1) is 0 Å². The predicted octanol–water partition coefficient (Wildman–Crippen LogP) is 4.38. The fraction of sp³-hybridized carbons (Fsp3) is 0.364. The number of carbonyl (C=O) groups is 2. The van der Waals surface area contributed by atoms with Gasteiger partial charge in [-0.25, -0.2) is 9.59 Å². The number of benzene rings is 2. The monoisotopic (exact) mass is 410 g/mol. The smallest absolute Gasteiger partial charge is 0.338 e. The first-order valence-electron chi connectivity index (χ1n) is 10.1. The van der Waals surface area contributed by atoms with Gasteiger partial charge in [0.15, 0.2) is 0 Å². The second-order valence-corrected chi connectivity index (χ2v) is 6.83. The number of nitrogens with two attached hydrogens (primary N) is 1. The maximum absolute atomic E-state index is 12.3. The van der Waals surface area contributed by atoms with E-state index in [1.165, 1.54) is 0 Å². The van der Waals surface area contributed by atoms with E-state index < -0.39 is 11.9 Å². The molecule has 8 heteroatoms. The second-order valence-electron chi connectivity index (χ2n) is 6.83. The Bertz CT molecular complexity index is 952. The van der Waals surface area contributed by atoms with Crippen molar-refractivity contribution in [1.82, 2.24) is 5.01 Å². The van der Waals surface area contributed by atoms with Crippen LogP contribution >= 0.6 is 0 Å². The summed E-state index contributed by atoms with van der Waals surface area (Å²) < 4.78 is 10.2. The Hall–Kier alpha value is -3.42. The van der Waals surface area contributed by atoms with Crippen LogP contribution < -0.4 is 5.73 Å². The number of ether oxygens (including phenoxy) is 2. The average molecular weight is 410 g/mol. The molecule has 1 aliphatic heterocycles. The van der Waals surface area contributed by atoms with E-state index in [2.05, 4.69) is 10.3 Å². The van der Waals surface area contributed by atoms with E-state index in [1.807, 2.05) is 5.01 Å². The average Bonchev–Trinajstić information content (AvgIpc) is 3.26. The van der Waals surface area contributed by atoms with E-state index >= 15 is 0 Å². The summed E-state index contributed by atoms with van der Waals surface area (Å²) >= 11 is 0. The molecule has 30 heavy (non-hydrogen) atoms. The number of anilines is 1. The number of esters is 2. The van der Waals surface area contributed by atoms with Crippen molar-refractivity contribution < 1.29 is 19.1 Å². The van der Waals surface area contributed by atoms with Gasteiger partial charge in [-0.1, -0.05) is 5.22 Å². The van der Waals surface area contributed by atoms with E-state index in [-0.39, 0.29) is 13.2 Å². The molecule has 2 aromatic rings. The van der Waals surface area contributed by atoms with Gasteiger partial charge in [0.2, 0.25) is 0 Å². The third kappa shape index (κ3) is 4.94. The fourth-order valence-corrected chi connectivity index (χ4v) is 3.21. The van der Waals surface area contributed by atoms with Crippen LogP contribution in [0.1, 0.15) is 47.4 Å². The molecule has 0 bridgehead atoms. The van der Waals surface area contributed by atoms with Crippen LogP contribution in [0.15, 0.2) is 46.7 Å². The molecule has 0 saturated carbocycles. The van der Waals surface area contributed by atoms with Crippen LogP contribution in [0.25, 0.3) is 11.1 Å². The standard InChI is InChI=1S/C22H26N4O4/c1-3-29-21(27)15-7-9-19(23)17(13-15)18-14-16(22(28)30-4-2)8-10-20(18)24-25-26-11-5-6-12-26/h7-10,13-14H,3-6,11-12,23H2,1-2H3. The topological polar surface area (TPSA) is 107 Å². The summed E-state index contributed by atoms with van der Waals surface area (Å²) in [5, 5.41) is 10.6. The molecule has 2 aromatic carbocycles. The summed E-state index contributed by atoms with van der Waals surface area (Å²) in [5.74, 6) is -0.887. The van der Waals surface area contributed by atoms with E-state index in [0.717, 1.165) is 25.9 Å². The summed E-state index contributed by atoms with van der Waals surface area (Å²) in [6, 6.07) is 9.91. The highest BCUT2D eigenvalue weighted by Crippen LogP contribution is 2.36. The lowest BCUT2D eigenvalue weighted by Gasteiger charge is -2.13. The lowest BCUT2D eigenvalue weighted by atomic mass is 9.97. The molecule has 1 saturated heterocycles. The van der Waals surface area contributed by atoms with Crippen molar-refractivity contribution in [2.75, 3.05) is 32.0 Å². The number of nitrogen functional groups attached to an aromatic ring is 1. The normalized spacial score (nSPS) is 13.6. The van der Waals surface area contributed by atoms with Gasteiger partial charge in [-0.2, -0.15) is 0 Å². The first-order chi connectivity index (χ1) is 14.5. The summed E-state index contributed by atoms with van der Waals surface area (Å²) in [7, 11) is 0. The van der Waals surface area contributed by atoms with E-state index in [1.54, 1.807) is 50.2 Å². The van der Waals surface area contributed by atoms with Crippen LogP contribution in [0.3, 0.4) is 0 Å². The van der Waals surface area contributed by atoms with Gasteiger partial charge in [-0.3, -0.25) is 5.01 Å². The van der Waals surface area contributed by atoms with E-state index in [4.69, 9.17) is 15.2 Å². The Balaban J connectivity index is 2.07. The number of hydrogen-bond acceptors (Lipinski definition) is 7. The minimum atomic E-state index is -0.444. The van der Waals surface area contributed by atoms with Gasteiger partial charge in [-0.05, 0) is 63.1 Å². The van der Waals surface area contributed by atoms with Gasteiger partial charge in [0.25, 0.3) is 0 Å². The Morgan fingerprint density at radius 1 is 0.933 bits per heavy atom. The molecule has 0 radical (unpaired) electrons. The molecule has 0 unspecified atom stereocenters. The molecule has 1 aliphatic rings. The van der Waals surface area contributed by atoms with Crippen LogP contribution in [-0.4, -0.2) is 43.3 Å².